The Bertz CT molecular complexity index is 1230. The van der Waals surface area contributed by atoms with Gasteiger partial charge in [-0.2, -0.15) is 13.8 Å². The fraction of sp³-hybridized carbons (Fsp3) is 0.158. The van der Waals surface area contributed by atoms with Crippen LogP contribution in [-0.4, -0.2) is 49.9 Å². The summed E-state index contributed by atoms with van der Waals surface area (Å²) < 4.78 is 13.2. The highest BCUT2D eigenvalue weighted by Crippen LogP contribution is 2.21. The molecule has 0 aliphatic heterocycles. The van der Waals surface area contributed by atoms with Crippen LogP contribution in [0.1, 0.15) is 16.9 Å². The maximum absolute atomic E-state index is 12.2. The van der Waals surface area contributed by atoms with E-state index >= 15 is 0 Å². The molecule has 2 aromatic carbocycles. The Morgan fingerprint density at radius 3 is 2.83 bits per heavy atom. The van der Waals surface area contributed by atoms with Crippen LogP contribution in [0.3, 0.4) is 0 Å². The fourth-order valence-corrected chi connectivity index (χ4v) is 3.36. The number of benzene rings is 2. The van der Waals surface area contributed by atoms with Crippen LogP contribution in [0.15, 0.2) is 42.5 Å². The minimum absolute atomic E-state index is 0.0598. The van der Waals surface area contributed by atoms with E-state index < -0.39 is 24.4 Å². The molecule has 0 atom stereocenters. The normalized spacial score (nSPS) is 10.8. The maximum atomic E-state index is 12.2. The Morgan fingerprint density at radius 2 is 1.93 bits per heavy atom. The molecular weight excluding hydrogens is 408 g/mol. The lowest BCUT2D eigenvalue weighted by atomic mass is 10.2. The van der Waals surface area contributed by atoms with Gasteiger partial charge in [0.05, 0.1) is 29.4 Å². The average molecular weight is 424 g/mol. The third-order valence-corrected chi connectivity index (χ3v) is 4.77. The van der Waals surface area contributed by atoms with Gasteiger partial charge in [0, 0.05) is 11.9 Å². The molecule has 4 aromatic rings. The molecular formula is C19H16N6O4S. The summed E-state index contributed by atoms with van der Waals surface area (Å²) in [4.78, 5) is 36.1. The number of fused-ring (bicyclic) bond motifs is 2. The van der Waals surface area contributed by atoms with Crippen molar-refractivity contribution in [1.29, 1.82) is 0 Å². The van der Waals surface area contributed by atoms with Crippen molar-refractivity contribution >= 4 is 57.1 Å². The first-order chi connectivity index (χ1) is 14.6. The molecule has 4 rings (SSSR count). The number of nitrogens with zero attached hydrogens (tertiary/aromatic N) is 3. The number of ether oxygens (including phenoxy) is 1. The Balaban J connectivity index is 1.22. The molecule has 3 N–H and O–H groups in total. The van der Waals surface area contributed by atoms with Gasteiger partial charge >= 0.3 is 5.97 Å². The third kappa shape index (κ3) is 4.25. The zero-order chi connectivity index (χ0) is 20.9. The van der Waals surface area contributed by atoms with E-state index in [1.54, 1.807) is 24.3 Å². The lowest BCUT2D eigenvalue weighted by molar-refractivity contribution is -0.147. The van der Waals surface area contributed by atoms with E-state index in [4.69, 9.17) is 4.74 Å². The number of H-pyrrole nitrogens is 1. The number of aromatic nitrogens is 4. The molecule has 10 nitrogen and oxygen atoms in total. The number of carbonyl (C=O) groups is 3. The highest BCUT2D eigenvalue weighted by molar-refractivity contribution is 7.00. The standard InChI is InChI=1S/C19H16N6O4S/c26-15(21-13-6-3-7-14-18(13)25-30-24-14)10-29-16(27)8-9-20-19(28)17-11-4-1-2-5-12(11)22-23-17/h1-7H,8-10H2,(H,20,28)(H,21,26)(H,22,23). The van der Waals surface area contributed by atoms with E-state index in [9.17, 15) is 14.4 Å². The first kappa shape index (κ1) is 19.5. The second-order valence-electron chi connectivity index (χ2n) is 6.27. The molecule has 0 unspecified atom stereocenters. The second-order valence-corrected chi connectivity index (χ2v) is 6.80. The number of nitrogens with one attached hydrogen (secondary N) is 3. The first-order valence-electron chi connectivity index (χ1n) is 9.00. The molecule has 30 heavy (non-hydrogen) atoms. The first-order valence-corrected chi connectivity index (χ1v) is 9.73. The van der Waals surface area contributed by atoms with Gasteiger partial charge in [-0.25, -0.2) is 0 Å². The number of carbonyl (C=O) groups excluding carboxylic acids is 3. The molecule has 0 saturated carbocycles. The van der Waals surface area contributed by atoms with Gasteiger partial charge in [0.1, 0.15) is 11.0 Å². The lowest BCUT2D eigenvalue weighted by Gasteiger charge is -2.07. The summed E-state index contributed by atoms with van der Waals surface area (Å²) in [6.45, 7) is -0.380. The largest absolute Gasteiger partial charge is 0.456 e. The molecule has 2 aromatic heterocycles. The summed E-state index contributed by atoms with van der Waals surface area (Å²) in [5.74, 6) is -1.50. The molecule has 0 spiro atoms. The van der Waals surface area contributed by atoms with Crippen molar-refractivity contribution in [2.45, 2.75) is 6.42 Å². The van der Waals surface area contributed by atoms with E-state index in [0.29, 0.717) is 22.1 Å². The van der Waals surface area contributed by atoms with Crippen LogP contribution in [0.5, 0.6) is 0 Å². The van der Waals surface area contributed by atoms with Gasteiger partial charge < -0.3 is 15.4 Å². The zero-order valence-electron chi connectivity index (χ0n) is 15.5. The number of hydrogen-bond acceptors (Lipinski definition) is 8. The predicted octanol–water partition coefficient (Wildman–Crippen LogP) is 1.87. The van der Waals surface area contributed by atoms with Gasteiger partial charge in [0.15, 0.2) is 12.3 Å². The van der Waals surface area contributed by atoms with Crippen LogP contribution >= 0.6 is 11.7 Å². The van der Waals surface area contributed by atoms with E-state index in [-0.39, 0.29) is 18.7 Å². The lowest BCUT2D eigenvalue weighted by Crippen LogP contribution is -2.28. The van der Waals surface area contributed by atoms with Crippen LogP contribution in [0.4, 0.5) is 5.69 Å². The highest BCUT2D eigenvalue weighted by atomic mass is 32.1. The van der Waals surface area contributed by atoms with Crippen LogP contribution < -0.4 is 10.6 Å². The number of hydrogen-bond donors (Lipinski definition) is 3. The van der Waals surface area contributed by atoms with Crippen LogP contribution in [-0.2, 0) is 14.3 Å². The molecule has 2 heterocycles. The molecule has 0 fully saturated rings. The summed E-state index contributed by atoms with van der Waals surface area (Å²) in [6, 6.07) is 12.5. The maximum Gasteiger partial charge on any atom is 0.308 e. The highest BCUT2D eigenvalue weighted by Gasteiger charge is 2.15. The minimum Gasteiger partial charge on any atom is -0.456 e. The van der Waals surface area contributed by atoms with E-state index in [2.05, 4.69) is 29.6 Å². The van der Waals surface area contributed by atoms with Crippen molar-refractivity contribution in [2.24, 2.45) is 0 Å². The fourth-order valence-electron chi connectivity index (χ4n) is 2.81. The van der Waals surface area contributed by atoms with Crippen LogP contribution in [0, 0.1) is 0 Å². The molecule has 0 aliphatic carbocycles. The Morgan fingerprint density at radius 1 is 1.07 bits per heavy atom. The number of anilines is 1. The van der Waals surface area contributed by atoms with Crippen molar-refractivity contribution in [3.63, 3.8) is 0 Å². The summed E-state index contributed by atoms with van der Waals surface area (Å²) in [5.41, 5.74) is 2.76. The molecule has 0 aliphatic rings. The van der Waals surface area contributed by atoms with Crippen molar-refractivity contribution in [2.75, 3.05) is 18.5 Å². The van der Waals surface area contributed by atoms with Crippen LogP contribution in [0.2, 0.25) is 0 Å². The van der Waals surface area contributed by atoms with Crippen molar-refractivity contribution < 1.29 is 19.1 Å². The summed E-state index contributed by atoms with van der Waals surface area (Å²) in [5, 5.41) is 12.7. The van der Waals surface area contributed by atoms with Gasteiger partial charge in [-0.3, -0.25) is 19.5 Å². The number of esters is 1. The van der Waals surface area contributed by atoms with Gasteiger partial charge in [-0.05, 0) is 18.2 Å². The molecule has 0 bridgehead atoms. The third-order valence-electron chi connectivity index (χ3n) is 4.22. The number of aromatic amines is 1. The molecule has 0 radical (unpaired) electrons. The van der Waals surface area contributed by atoms with E-state index in [1.165, 1.54) is 0 Å². The monoisotopic (exact) mass is 424 g/mol. The Labute approximate surface area is 173 Å². The average Bonchev–Trinajstić information content (AvgIpc) is 3.40. The number of rotatable bonds is 7. The molecule has 11 heteroatoms. The van der Waals surface area contributed by atoms with Gasteiger partial charge in [0.25, 0.3) is 11.8 Å². The second kappa shape index (κ2) is 8.66. The topological polar surface area (TPSA) is 139 Å². The smallest absolute Gasteiger partial charge is 0.308 e. The van der Waals surface area contributed by atoms with E-state index in [0.717, 1.165) is 17.2 Å². The number of para-hydroxylation sites is 1. The van der Waals surface area contributed by atoms with Crippen molar-refractivity contribution in [1.82, 2.24) is 24.3 Å². The summed E-state index contributed by atoms with van der Waals surface area (Å²) in [6.07, 6.45) is -0.0764. The Hall–Kier alpha value is -3.86. The SMILES string of the molecule is O=C(COC(=O)CCNC(=O)c1n[nH]c2ccccc12)Nc1cccc2nsnc12. The predicted molar refractivity (Wildman–Crippen MR) is 110 cm³/mol. The molecule has 152 valence electrons. The summed E-state index contributed by atoms with van der Waals surface area (Å²) in [7, 11) is 0. The van der Waals surface area contributed by atoms with Crippen molar-refractivity contribution in [3.05, 3.63) is 48.2 Å². The summed E-state index contributed by atoms with van der Waals surface area (Å²) >= 11 is 1.05. The zero-order valence-corrected chi connectivity index (χ0v) is 16.4. The van der Waals surface area contributed by atoms with Crippen LogP contribution in [0.25, 0.3) is 21.9 Å². The van der Waals surface area contributed by atoms with Gasteiger partial charge in [-0.15, -0.1) is 0 Å². The molecule has 0 saturated heterocycles. The minimum atomic E-state index is -0.606. The Kier molecular flexibility index (Phi) is 5.61. The van der Waals surface area contributed by atoms with Gasteiger partial charge in [0.2, 0.25) is 0 Å². The molecule has 2 amide bonds. The van der Waals surface area contributed by atoms with E-state index in [1.807, 2.05) is 18.2 Å². The quantitative estimate of drug-likeness (QED) is 0.385. The van der Waals surface area contributed by atoms with Crippen molar-refractivity contribution in [3.8, 4) is 0 Å². The van der Waals surface area contributed by atoms with Gasteiger partial charge in [-0.1, -0.05) is 24.3 Å². The number of amides is 2.